The standard InChI is InChI=1S/C32H30Cl2N2O5S2/c33-23-9-12-25(27(34)19-23)29-26(21-7-10-24(11-8-21)43(40,41)18-4-17-37)20-28(42-29)30(38)36-15-13-32(14-16-36,31(35)39)22-5-2-1-3-6-22/h1-3,5-12,19-20,37H,4,13-18H2,(H2,35,39). The van der Waals surface area contributed by atoms with Crippen molar-refractivity contribution in [3.63, 3.8) is 0 Å². The number of carbonyl (C=O) groups is 2. The number of halogens is 2. The number of piperidine rings is 1. The Morgan fingerprint density at radius 3 is 2.21 bits per heavy atom. The Hall–Kier alpha value is -3.21. The zero-order chi connectivity index (χ0) is 30.8. The van der Waals surface area contributed by atoms with Gasteiger partial charge in [-0.2, -0.15) is 0 Å². The van der Waals surface area contributed by atoms with Gasteiger partial charge in [0.1, 0.15) is 0 Å². The van der Waals surface area contributed by atoms with Gasteiger partial charge in [-0.15, -0.1) is 11.3 Å². The molecule has 1 saturated heterocycles. The summed E-state index contributed by atoms with van der Waals surface area (Å²) < 4.78 is 25.3. The number of thiophene rings is 1. The predicted octanol–water partition coefficient (Wildman–Crippen LogP) is 6.20. The number of likely N-dealkylation sites (tertiary alicyclic amines) is 1. The van der Waals surface area contributed by atoms with Crippen molar-refractivity contribution < 1.29 is 23.1 Å². The fourth-order valence-corrected chi connectivity index (χ4v) is 8.52. The minimum atomic E-state index is -3.54. The van der Waals surface area contributed by atoms with Gasteiger partial charge in [-0.25, -0.2) is 8.42 Å². The molecule has 0 aliphatic carbocycles. The lowest BCUT2D eigenvalue weighted by atomic mass is 9.72. The van der Waals surface area contributed by atoms with Crippen LogP contribution in [0.4, 0.5) is 0 Å². The number of hydrogen-bond donors (Lipinski definition) is 2. The van der Waals surface area contributed by atoms with E-state index < -0.39 is 21.2 Å². The summed E-state index contributed by atoms with van der Waals surface area (Å²) in [5, 5.41) is 9.96. The first-order valence-electron chi connectivity index (χ1n) is 13.7. The quantitative estimate of drug-likeness (QED) is 0.222. The van der Waals surface area contributed by atoms with E-state index in [2.05, 4.69) is 0 Å². The molecular formula is C32H30Cl2N2O5S2. The number of rotatable bonds is 9. The largest absolute Gasteiger partial charge is 0.396 e. The number of carbonyl (C=O) groups excluding carboxylic acids is 2. The lowest BCUT2D eigenvalue weighted by Gasteiger charge is -2.40. The first-order valence-corrected chi connectivity index (χ1v) is 17.0. The van der Waals surface area contributed by atoms with Gasteiger partial charge in [-0.1, -0.05) is 71.7 Å². The lowest BCUT2D eigenvalue weighted by molar-refractivity contribution is -0.125. The fraction of sp³-hybridized carbons (Fsp3) is 0.250. The zero-order valence-corrected chi connectivity index (χ0v) is 26.3. The molecule has 3 N–H and O–H groups in total. The zero-order valence-electron chi connectivity index (χ0n) is 23.1. The third-order valence-electron chi connectivity index (χ3n) is 7.92. The summed E-state index contributed by atoms with van der Waals surface area (Å²) in [4.78, 5) is 29.6. The summed E-state index contributed by atoms with van der Waals surface area (Å²) in [5.41, 5.74) is 8.05. The van der Waals surface area contributed by atoms with E-state index in [-0.39, 0.29) is 29.6 Å². The van der Waals surface area contributed by atoms with Gasteiger partial charge in [-0.3, -0.25) is 9.59 Å². The maximum atomic E-state index is 13.8. The van der Waals surface area contributed by atoms with Crippen molar-refractivity contribution in [2.75, 3.05) is 25.4 Å². The normalized spacial score (nSPS) is 14.9. The van der Waals surface area contributed by atoms with E-state index >= 15 is 0 Å². The molecule has 5 rings (SSSR count). The summed E-state index contributed by atoms with van der Waals surface area (Å²) in [6.45, 7) is 0.518. The number of aliphatic hydroxyl groups is 1. The van der Waals surface area contributed by atoms with Crippen LogP contribution in [0.2, 0.25) is 10.0 Å². The number of sulfone groups is 1. The van der Waals surface area contributed by atoms with E-state index in [4.69, 9.17) is 34.0 Å². The average Bonchev–Trinajstić information content (AvgIpc) is 3.45. The first kappa shape index (κ1) is 31.2. The van der Waals surface area contributed by atoms with Crippen molar-refractivity contribution in [3.8, 4) is 21.6 Å². The highest BCUT2D eigenvalue weighted by Crippen LogP contribution is 2.44. The molecule has 1 aromatic heterocycles. The molecule has 1 aliphatic rings. The van der Waals surface area contributed by atoms with Crippen LogP contribution in [-0.2, 0) is 20.0 Å². The number of nitrogens with two attached hydrogens (primary N) is 1. The number of aliphatic hydroxyl groups excluding tert-OH is 1. The third-order valence-corrected chi connectivity index (χ3v) is 11.4. The summed E-state index contributed by atoms with van der Waals surface area (Å²) in [6, 6.07) is 22.9. The Balaban J connectivity index is 1.48. The van der Waals surface area contributed by atoms with Crippen LogP contribution in [-0.4, -0.2) is 55.7 Å². The third kappa shape index (κ3) is 6.37. The molecular weight excluding hydrogens is 627 g/mol. The maximum absolute atomic E-state index is 13.8. The molecule has 7 nitrogen and oxygen atoms in total. The number of primary amides is 1. The van der Waals surface area contributed by atoms with Gasteiger partial charge in [0.05, 0.1) is 26.0 Å². The smallest absolute Gasteiger partial charge is 0.263 e. The highest BCUT2D eigenvalue weighted by Gasteiger charge is 2.42. The van der Waals surface area contributed by atoms with Crippen molar-refractivity contribution in [1.29, 1.82) is 0 Å². The van der Waals surface area contributed by atoms with E-state index in [1.165, 1.54) is 23.5 Å². The molecule has 2 heterocycles. The van der Waals surface area contributed by atoms with Crippen LogP contribution in [0.25, 0.3) is 21.6 Å². The summed E-state index contributed by atoms with van der Waals surface area (Å²) in [7, 11) is -3.54. The fourth-order valence-electron chi connectivity index (χ4n) is 5.48. The van der Waals surface area contributed by atoms with Gasteiger partial charge >= 0.3 is 0 Å². The Morgan fingerprint density at radius 2 is 1.60 bits per heavy atom. The van der Waals surface area contributed by atoms with Crippen LogP contribution in [0, 0.1) is 0 Å². The molecule has 43 heavy (non-hydrogen) atoms. The number of hydrogen-bond acceptors (Lipinski definition) is 6. The first-order chi connectivity index (χ1) is 20.6. The molecule has 0 atom stereocenters. The van der Waals surface area contributed by atoms with Crippen LogP contribution in [0.15, 0.2) is 83.8 Å². The molecule has 1 fully saturated rings. The summed E-state index contributed by atoms with van der Waals surface area (Å²) in [6.07, 6.45) is 0.985. The second kappa shape index (κ2) is 12.8. The Morgan fingerprint density at radius 1 is 0.930 bits per heavy atom. The maximum Gasteiger partial charge on any atom is 0.263 e. The van der Waals surface area contributed by atoms with Crippen molar-refractivity contribution in [2.24, 2.45) is 5.73 Å². The van der Waals surface area contributed by atoms with Crippen LogP contribution in [0.1, 0.15) is 34.5 Å². The molecule has 0 saturated carbocycles. The van der Waals surface area contributed by atoms with Crippen LogP contribution in [0.5, 0.6) is 0 Å². The molecule has 3 aromatic carbocycles. The van der Waals surface area contributed by atoms with E-state index in [9.17, 15) is 18.0 Å². The average molecular weight is 658 g/mol. The molecule has 1 aliphatic heterocycles. The number of amides is 2. The minimum absolute atomic E-state index is 0.150. The Kier molecular flexibility index (Phi) is 9.29. The van der Waals surface area contributed by atoms with Crippen molar-refractivity contribution in [2.45, 2.75) is 29.6 Å². The molecule has 0 unspecified atom stereocenters. The highest BCUT2D eigenvalue weighted by molar-refractivity contribution is 7.91. The SMILES string of the molecule is NC(=O)C1(c2ccccc2)CCN(C(=O)c2cc(-c3ccc(S(=O)(=O)CCCO)cc3)c(-c3ccc(Cl)cc3Cl)s2)CC1. The monoisotopic (exact) mass is 656 g/mol. The van der Waals surface area contributed by atoms with Gasteiger partial charge in [0, 0.05) is 40.7 Å². The lowest BCUT2D eigenvalue weighted by Crippen LogP contribution is -2.51. The minimum Gasteiger partial charge on any atom is -0.396 e. The van der Waals surface area contributed by atoms with Gasteiger partial charge in [0.2, 0.25) is 5.91 Å². The van der Waals surface area contributed by atoms with Gasteiger partial charge in [0.15, 0.2) is 9.84 Å². The molecule has 0 radical (unpaired) electrons. The Bertz CT molecular complexity index is 1750. The van der Waals surface area contributed by atoms with E-state index in [0.717, 1.165) is 16.0 Å². The number of nitrogens with zero attached hydrogens (tertiary/aromatic N) is 1. The van der Waals surface area contributed by atoms with Crippen LogP contribution < -0.4 is 5.73 Å². The van der Waals surface area contributed by atoms with Gasteiger partial charge < -0.3 is 15.7 Å². The predicted molar refractivity (Wildman–Crippen MR) is 171 cm³/mol. The van der Waals surface area contributed by atoms with E-state index in [1.54, 1.807) is 41.3 Å². The molecule has 2 amide bonds. The van der Waals surface area contributed by atoms with Crippen molar-refractivity contribution >= 4 is 56.2 Å². The molecule has 4 aromatic rings. The van der Waals surface area contributed by atoms with E-state index in [0.29, 0.717) is 52.0 Å². The highest BCUT2D eigenvalue weighted by atomic mass is 35.5. The van der Waals surface area contributed by atoms with Crippen molar-refractivity contribution in [1.82, 2.24) is 4.90 Å². The van der Waals surface area contributed by atoms with Crippen molar-refractivity contribution in [3.05, 3.63) is 99.3 Å². The molecule has 0 bridgehead atoms. The second-order valence-corrected chi connectivity index (χ2v) is 14.5. The summed E-state index contributed by atoms with van der Waals surface area (Å²) >= 11 is 14.1. The molecule has 0 spiro atoms. The second-order valence-electron chi connectivity index (χ2n) is 10.5. The Labute approximate surface area is 264 Å². The van der Waals surface area contributed by atoms with Gasteiger partial charge in [0.25, 0.3) is 5.91 Å². The topological polar surface area (TPSA) is 118 Å². The molecule has 224 valence electrons. The number of benzene rings is 3. The van der Waals surface area contributed by atoms with Crippen LogP contribution in [0.3, 0.4) is 0 Å². The molecule has 11 heteroatoms. The summed E-state index contributed by atoms with van der Waals surface area (Å²) in [5.74, 6) is -0.717. The van der Waals surface area contributed by atoms with Gasteiger partial charge in [-0.05, 0) is 60.7 Å². The van der Waals surface area contributed by atoms with Crippen LogP contribution >= 0.6 is 34.5 Å². The van der Waals surface area contributed by atoms with E-state index in [1.807, 2.05) is 30.3 Å².